The van der Waals surface area contributed by atoms with Gasteiger partial charge in [0, 0.05) is 19.2 Å². The number of nitrogens with zero attached hydrogens (tertiary/aromatic N) is 1. The Balaban J connectivity index is 1.92. The summed E-state index contributed by atoms with van der Waals surface area (Å²) in [7, 11) is 2.11. The Labute approximate surface area is 105 Å². The predicted molar refractivity (Wildman–Crippen MR) is 70.2 cm³/mol. The Bertz CT molecular complexity index is 186. The predicted octanol–water partition coefficient (Wildman–Crippen LogP) is 0.705. The van der Waals surface area contributed by atoms with Gasteiger partial charge in [0.05, 0.1) is 13.2 Å². The Morgan fingerprint density at radius 2 is 2.18 bits per heavy atom. The van der Waals surface area contributed by atoms with E-state index in [9.17, 15) is 0 Å². The van der Waals surface area contributed by atoms with E-state index in [0.29, 0.717) is 0 Å². The van der Waals surface area contributed by atoms with Gasteiger partial charge in [0.2, 0.25) is 0 Å². The summed E-state index contributed by atoms with van der Waals surface area (Å²) in [6.45, 7) is 6.97. The van der Waals surface area contributed by atoms with Gasteiger partial charge in [-0.3, -0.25) is 0 Å². The van der Waals surface area contributed by atoms with E-state index >= 15 is 0 Å². The second kappa shape index (κ2) is 8.86. The van der Waals surface area contributed by atoms with Crippen molar-refractivity contribution >= 4 is 0 Å². The van der Waals surface area contributed by atoms with E-state index in [1.54, 1.807) is 0 Å². The van der Waals surface area contributed by atoms with Crippen LogP contribution in [0.1, 0.15) is 26.2 Å². The minimum absolute atomic E-state index is 0.222. The lowest BCUT2D eigenvalue weighted by molar-refractivity contribution is 0.101. The normalized spacial score (nSPS) is 17.6. The van der Waals surface area contributed by atoms with E-state index in [1.807, 2.05) is 0 Å². The number of hydrogen-bond acceptors (Lipinski definition) is 4. The Hall–Kier alpha value is -0.160. The third kappa shape index (κ3) is 7.71. The second-order valence-electron chi connectivity index (χ2n) is 5.05. The highest BCUT2D eigenvalue weighted by Crippen LogP contribution is 2.28. The van der Waals surface area contributed by atoms with Crippen molar-refractivity contribution in [3.8, 4) is 0 Å². The van der Waals surface area contributed by atoms with Gasteiger partial charge < -0.3 is 20.1 Å². The van der Waals surface area contributed by atoms with Crippen LogP contribution in [0.5, 0.6) is 0 Å². The van der Waals surface area contributed by atoms with Gasteiger partial charge in [-0.2, -0.15) is 0 Å². The van der Waals surface area contributed by atoms with Crippen LogP contribution in [-0.4, -0.2) is 62.6 Å². The monoisotopic (exact) mass is 244 g/mol. The number of likely N-dealkylation sites (N-methyl/N-ethyl adjacent to an activating group) is 2. The van der Waals surface area contributed by atoms with Gasteiger partial charge in [-0.05, 0) is 45.3 Å². The molecule has 0 heterocycles. The van der Waals surface area contributed by atoms with Crippen molar-refractivity contribution in [1.82, 2.24) is 10.2 Å². The molecule has 4 nitrogen and oxygen atoms in total. The van der Waals surface area contributed by atoms with Gasteiger partial charge in [-0.15, -0.1) is 0 Å². The van der Waals surface area contributed by atoms with Crippen LogP contribution in [0.15, 0.2) is 0 Å². The summed E-state index contributed by atoms with van der Waals surface area (Å²) in [6.07, 6.45) is 3.71. The number of rotatable bonds is 11. The van der Waals surface area contributed by atoms with Crippen molar-refractivity contribution < 1.29 is 9.84 Å². The standard InChI is InChI=1S/C13H28N2O2/c1-3-14-13(10-16)6-7-15(2)8-9-17-11-12-4-5-12/h12-14,16H,3-11H2,1-2H3. The van der Waals surface area contributed by atoms with Crippen LogP contribution in [0.4, 0.5) is 0 Å². The molecule has 2 N–H and O–H groups in total. The SMILES string of the molecule is CCNC(CO)CCN(C)CCOCC1CC1. The molecule has 0 saturated heterocycles. The first-order chi connectivity index (χ1) is 8.26. The van der Waals surface area contributed by atoms with Crippen LogP contribution >= 0.6 is 0 Å². The summed E-state index contributed by atoms with van der Waals surface area (Å²) in [5.41, 5.74) is 0. The molecule has 1 unspecified atom stereocenters. The van der Waals surface area contributed by atoms with E-state index in [2.05, 4.69) is 24.2 Å². The molecule has 0 aliphatic heterocycles. The fraction of sp³-hybridized carbons (Fsp3) is 1.00. The molecule has 0 radical (unpaired) electrons. The van der Waals surface area contributed by atoms with Crippen LogP contribution in [0, 0.1) is 5.92 Å². The number of aliphatic hydroxyl groups excluding tert-OH is 1. The largest absolute Gasteiger partial charge is 0.395 e. The summed E-state index contributed by atoms with van der Waals surface area (Å²) in [4.78, 5) is 2.27. The van der Waals surface area contributed by atoms with Crippen molar-refractivity contribution in [3.05, 3.63) is 0 Å². The van der Waals surface area contributed by atoms with Gasteiger partial charge in [-0.25, -0.2) is 0 Å². The quantitative estimate of drug-likeness (QED) is 0.525. The van der Waals surface area contributed by atoms with Crippen molar-refractivity contribution in [1.29, 1.82) is 0 Å². The van der Waals surface area contributed by atoms with Crippen LogP contribution in [0.3, 0.4) is 0 Å². The average Bonchev–Trinajstić information content (AvgIpc) is 3.14. The lowest BCUT2D eigenvalue weighted by Crippen LogP contribution is -2.36. The minimum atomic E-state index is 0.222. The van der Waals surface area contributed by atoms with Gasteiger partial charge in [0.1, 0.15) is 0 Å². The third-order valence-electron chi connectivity index (χ3n) is 3.24. The molecule has 4 heteroatoms. The Kier molecular flexibility index (Phi) is 7.77. The molecule has 1 rings (SSSR count). The van der Waals surface area contributed by atoms with E-state index < -0.39 is 0 Å². The summed E-state index contributed by atoms with van der Waals surface area (Å²) in [5, 5.41) is 12.4. The molecule has 1 aliphatic carbocycles. The minimum Gasteiger partial charge on any atom is -0.395 e. The van der Waals surface area contributed by atoms with Crippen LogP contribution in [-0.2, 0) is 4.74 Å². The highest BCUT2D eigenvalue weighted by molar-refractivity contribution is 4.72. The van der Waals surface area contributed by atoms with E-state index in [0.717, 1.165) is 45.2 Å². The number of hydrogen-bond donors (Lipinski definition) is 2. The van der Waals surface area contributed by atoms with Gasteiger partial charge in [0.25, 0.3) is 0 Å². The molecule has 0 amide bonds. The maximum absolute atomic E-state index is 9.15. The first kappa shape index (κ1) is 14.9. The molecule has 17 heavy (non-hydrogen) atoms. The molecule has 1 saturated carbocycles. The van der Waals surface area contributed by atoms with Crippen molar-refractivity contribution in [3.63, 3.8) is 0 Å². The van der Waals surface area contributed by atoms with Crippen molar-refractivity contribution in [2.75, 3.05) is 46.5 Å². The zero-order chi connectivity index (χ0) is 12.5. The van der Waals surface area contributed by atoms with Gasteiger partial charge in [-0.1, -0.05) is 6.92 Å². The van der Waals surface area contributed by atoms with Crippen LogP contribution < -0.4 is 5.32 Å². The van der Waals surface area contributed by atoms with Crippen molar-refractivity contribution in [2.45, 2.75) is 32.2 Å². The summed E-state index contributed by atoms with van der Waals surface area (Å²) in [6, 6.07) is 0.231. The van der Waals surface area contributed by atoms with E-state index in [4.69, 9.17) is 9.84 Å². The van der Waals surface area contributed by atoms with Gasteiger partial charge in [0.15, 0.2) is 0 Å². The highest BCUT2D eigenvalue weighted by atomic mass is 16.5. The first-order valence-corrected chi connectivity index (χ1v) is 6.86. The van der Waals surface area contributed by atoms with Crippen molar-refractivity contribution in [2.24, 2.45) is 5.92 Å². The second-order valence-corrected chi connectivity index (χ2v) is 5.05. The molecule has 102 valence electrons. The number of nitrogens with one attached hydrogen (secondary N) is 1. The third-order valence-corrected chi connectivity index (χ3v) is 3.24. The summed E-state index contributed by atoms with van der Waals surface area (Å²) < 4.78 is 5.60. The van der Waals surface area contributed by atoms with Crippen LogP contribution in [0.2, 0.25) is 0 Å². The molecule has 0 aromatic heterocycles. The maximum Gasteiger partial charge on any atom is 0.0593 e. The number of aliphatic hydroxyl groups is 1. The van der Waals surface area contributed by atoms with E-state index in [1.165, 1.54) is 12.8 Å². The molecule has 0 aromatic rings. The van der Waals surface area contributed by atoms with Crippen LogP contribution in [0.25, 0.3) is 0 Å². The molecule has 0 spiro atoms. The lowest BCUT2D eigenvalue weighted by Gasteiger charge is -2.20. The highest BCUT2D eigenvalue weighted by Gasteiger charge is 2.20. The molecule has 0 aromatic carbocycles. The zero-order valence-corrected chi connectivity index (χ0v) is 11.3. The maximum atomic E-state index is 9.15. The molecular weight excluding hydrogens is 216 g/mol. The molecular formula is C13H28N2O2. The first-order valence-electron chi connectivity index (χ1n) is 6.86. The smallest absolute Gasteiger partial charge is 0.0593 e. The molecule has 1 fully saturated rings. The van der Waals surface area contributed by atoms with Gasteiger partial charge >= 0.3 is 0 Å². The number of ether oxygens (including phenoxy) is 1. The summed E-state index contributed by atoms with van der Waals surface area (Å²) in [5.74, 6) is 0.854. The Morgan fingerprint density at radius 3 is 2.76 bits per heavy atom. The summed E-state index contributed by atoms with van der Waals surface area (Å²) >= 11 is 0. The lowest BCUT2D eigenvalue weighted by atomic mass is 10.2. The average molecular weight is 244 g/mol. The fourth-order valence-corrected chi connectivity index (χ4v) is 1.79. The molecule has 1 aliphatic rings. The molecule has 1 atom stereocenters. The molecule has 0 bridgehead atoms. The van der Waals surface area contributed by atoms with E-state index in [-0.39, 0.29) is 12.6 Å². The zero-order valence-electron chi connectivity index (χ0n) is 11.3. The topological polar surface area (TPSA) is 44.7 Å². The fourth-order valence-electron chi connectivity index (χ4n) is 1.79. The Morgan fingerprint density at radius 1 is 1.41 bits per heavy atom.